The van der Waals surface area contributed by atoms with Gasteiger partial charge in [-0.05, 0) is 51.1 Å². The summed E-state index contributed by atoms with van der Waals surface area (Å²) in [5.41, 5.74) is 0.655. The number of aromatic nitrogens is 2. The SMILES string of the molecule is Cn1nccc1C(=O)N1CCC(N2CCC[C@@H](C(=O)N3CCCC3)C2)CC1. The molecular formula is C20H31N5O2. The average Bonchev–Trinajstić information content (AvgIpc) is 3.39. The Morgan fingerprint density at radius 2 is 1.70 bits per heavy atom. The van der Waals surface area contributed by atoms with Crippen molar-refractivity contribution in [2.24, 2.45) is 13.0 Å². The van der Waals surface area contributed by atoms with Gasteiger partial charge in [-0.2, -0.15) is 5.10 Å². The van der Waals surface area contributed by atoms with E-state index in [0.717, 1.165) is 77.8 Å². The second-order valence-electron chi connectivity index (χ2n) is 8.23. The monoisotopic (exact) mass is 373 g/mol. The van der Waals surface area contributed by atoms with Gasteiger partial charge in [-0.25, -0.2) is 0 Å². The first-order valence-electron chi connectivity index (χ1n) is 10.4. The third kappa shape index (κ3) is 3.88. The van der Waals surface area contributed by atoms with E-state index in [1.54, 1.807) is 16.9 Å². The normalized spacial score (nSPS) is 25.1. The second kappa shape index (κ2) is 8.00. The summed E-state index contributed by atoms with van der Waals surface area (Å²) in [6.07, 6.45) is 8.12. The minimum atomic E-state index is 0.0779. The highest BCUT2D eigenvalue weighted by Crippen LogP contribution is 2.26. The van der Waals surface area contributed by atoms with Gasteiger partial charge in [-0.1, -0.05) is 0 Å². The summed E-state index contributed by atoms with van der Waals surface area (Å²) in [5, 5.41) is 4.10. The Labute approximate surface area is 161 Å². The molecule has 0 bridgehead atoms. The summed E-state index contributed by atoms with van der Waals surface area (Å²) in [6, 6.07) is 2.28. The number of rotatable bonds is 3. The summed E-state index contributed by atoms with van der Waals surface area (Å²) in [4.78, 5) is 32.0. The third-order valence-corrected chi connectivity index (χ3v) is 6.53. The number of carbonyl (C=O) groups is 2. The Morgan fingerprint density at radius 3 is 2.37 bits per heavy atom. The summed E-state index contributed by atoms with van der Waals surface area (Å²) in [5.74, 6) is 0.626. The Hall–Kier alpha value is -1.89. The molecule has 4 heterocycles. The molecule has 148 valence electrons. The van der Waals surface area contributed by atoms with Crippen molar-refractivity contribution in [3.05, 3.63) is 18.0 Å². The topological polar surface area (TPSA) is 61.7 Å². The van der Waals surface area contributed by atoms with Gasteiger partial charge in [0.15, 0.2) is 0 Å². The molecule has 0 spiro atoms. The van der Waals surface area contributed by atoms with E-state index in [1.165, 1.54) is 0 Å². The van der Waals surface area contributed by atoms with Crippen LogP contribution in [-0.4, -0.2) is 81.6 Å². The lowest BCUT2D eigenvalue weighted by atomic mass is 9.93. The first kappa shape index (κ1) is 18.5. The van der Waals surface area contributed by atoms with Crippen LogP contribution in [-0.2, 0) is 11.8 Å². The van der Waals surface area contributed by atoms with E-state index in [2.05, 4.69) is 14.9 Å². The predicted molar refractivity (Wildman–Crippen MR) is 102 cm³/mol. The number of likely N-dealkylation sites (tertiary alicyclic amines) is 3. The summed E-state index contributed by atoms with van der Waals surface area (Å²) in [6.45, 7) is 5.46. The summed E-state index contributed by atoms with van der Waals surface area (Å²) < 4.78 is 1.65. The number of hydrogen-bond acceptors (Lipinski definition) is 4. The lowest BCUT2D eigenvalue weighted by Gasteiger charge is -2.42. The summed E-state index contributed by atoms with van der Waals surface area (Å²) in [7, 11) is 1.81. The van der Waals surface area contributed by atoms with E-state index in [9.17, 15) is 9.59 Å². The Morgan fingerprint density at radius 1 is 0.963 bits per heavy atom. The first-order valence-corrected chi connectivity index (χ1v) is 10.4. The molecule has 2 amide bonds. The number of carbonyl (C=O) groups excluding carboxylic acids is 2. The van der Waals surface area contributed by atoms with Gasteiger partial charge in [-0.15, -0.1) is 0 Å². The minimum absolute atomic E-state index is 0.0779. The van der Waals surface area contributed by atoms with Crippen molar-refractivity contribution >= 4 is 11.8 Å². The number of nitrogens with zero attached hydrogens (tertiary/aromatic N) is 5. The van der Waals surface area contributed by atoms with Gasteiger partial charge in [0.05, 0.1) is 5.92 Å². The van der Waals surface area contributed by atoms with Crippen LogP contribution in [0.2, 0.25) is 0 Å². The lowest BCUT2D eigenvalue weighted by molar-refractivity contribution is -0.136. The Bertz CT molecular complexity index is 674. The van der Waals surface area contributed by atoms with Gasteiger partial charge in [-0.3, -0.25) is 19.2 Å². The molecule has 3 saturated heterocycles. The van der Waals surface area contributed by atoms with Crippen molar-refractivity contribution < 1.29 is 9.59 Å². The quantitative estimate of drug-likeness (QED) is 0.803. The van der Waals surface area contributed by atoms with Crippen LogP contribution >= 0.6 is 0 Å². The molecule has 3 fully saturated rings. The smallest absolute Gasteiger partial charge is 0.272 e. The second-order valence-corrected chi connectivity index (χ2v) is 8.23. The van der Waals surface area contributed by atoms with Crippen LogP contribution < -0.4 is 0 Å². The van der Waals surface area contributed by atoms with Gasteiger partial charge in [0.2, 0.25) is 5.91 Å². The van der Waals surface area contributed by atoms with E-state index in [0.29, 0.717) is 17.6 Å². The zero-order chi connectivity index (χ0) is 18.8. The molecule has 7 nitrogen and oxygen atoms in total. The van der Waals surface area contributed by atoms with E-state index < -0.39 is 0 Å². The molecule has 0 unspecified atom stereocenters. The maximum absolute atomic E-state index is 12.8. The summed E-state index contributed by atoms with van der Waals surface area (Å²) >= 11 is 0. The molecular weight excluding hydrogens is 342 g/mol. The van der Waals surface area contributed by atoms with E-state index in [1.807, 2.05) is 11.9 Å². The van der Waals surface area contributed by atoms with Crippen LogP contribution in [0.1, 0.15) is 49.0 Å². The molecule has 0 aliphatic carbocycles. The van der Waals surface area contributed by atoms with Gasteiger partial charge in [0.25, 0.3) is 5.91 Å². The van der Waals surface area contributed by atoms with Crippen LogP contribution in [0.3, 0.4) is 0 Å². The van der Waals surface area contributed by atoms with E-state index >= 15 is 0 Å². The lowest BCUT2D eigenvalue weighted by Crippen LogP contribution is -2.51. The highest BCUT2D eigenvalue weighted by atomic mass is 16.2. The average molecular weight is 374 g/mol. The fraction of sp³-hybridized carbons (Fsp3) is 0.750. The standard InChI is InChI=1S/C20H31N5O2/c1-22-18(6-9-21-22)20(27)24-13-7-17(8-14-24)25-12-4-5-16(15-25)19(26)23-10-2-3-11-23/h6,9,16-17H,2-5,7-8,10-15H2,1H3/t16-/m1/s1. The molecule has 4 rings (SSSR count). The van der Waals surface area contributed by atoms with Crippen molar-refractivity contribution in [2.45, 2.75) is 44.6 Å². The number of aryl methyl sites for hydroxylation is 1. The fourth-order valence-corrected chi connectivity index (χ4v) is 4.92. The molecule has 1 aromatic heterocycles. The Balaban J connectivity index is 1.30. The fourth-order valence-electron chi connectivity index (χ4n) is 4.92. The van der Waals surface area contributed by atoms with Crippen LogP contribution in [0.4, 0.5) is 0 Å². The third-order valence-electron chi connectivity index (χ3n) is 6.53. The van der Waals surface area contributed by atoms with Gasteiger partial charge >= 0.3 is 0 Å². The highest BCUT2D eigenvalue weighted by Gasteiger charge is 2.35. The van der Waals surface area contributed by atoms with Crippen LogP contribution in [0.5, 0.6) is 0 Å². The molecule has 0 radical (unpaired) electrons. The maximum Gasteiger partial charge on any atom is 0.272 e. The molecule has 0 aromatic carbocycles. The zero-order valence-corrected chi connectivity index (χ0v) is 16.3. The molecule has 0 saturated carbocycles. The van der Waals surface area contributed by atoms with Crippen LogP contribution in [0.15, 0.2) is 12.3 Å². The molecule has 1 atom stereocenters. The van der Waals surface area contributed by atoms with E-state index in [4.69, 9.17) is 0 Å². The van der Waals surface area contributed by atoms with Crippen molar-refractivity contribution in [1.82, 2.24) is 24.5 Å². The zero-order valence-electron chi connectivity index (χ0n) is 16.3. The van der Waals surface area contributed by atoms with Crippen molar-refractivity contribution in [2.75, 3.05) is 39.3 Å². The maximum atomic E-state index is 12.8. The predicted octanol–water partition coefficient (Wildman–Crippen LogP) is 1.36. The van der Waals surface area contributed by atoms with Crippen molar-refractivity contribution in [3.8, 4) is 0 Å². The van der Waals surface area contributed by atoms with E-state index in [-0.39, 0.29) is 11.8 Å². The molecule has 1 aromatic rings. The van der Waals surface area contributed by atoms with Gasteiger partial charge in [0, 0.05) is 52.0 Å². The van der Waals surface area contributed by atoms with Crippen LogP contribution in [0.25, 0.3) is 0 Å². The molecule has 7 heteroatoms. The van der Waals surface area contributed by atoms with Crippen molar-refractivity contribution in [1.29, 1.82) is 0 Å². The molecule has 27 heavy (non-hydrogen) atoms. The largest absolute Gasteiger partial charge is 0.342 e. The number of piperidine rings is 2. The Kier molecular flexibility index (Phi) is 5.48. The van der Waals surface area contributed by atoms with Crippen LogP contribution in [0, 0.1) is 5.92 Å². The number of amides is 2. The molecule has 0 N–H and O–H groups in total. The first-order chi connectivity index (χ1) is 13.1. The highest BCUT2D eigenvalue weighted by molar-refractivity contribution is 5.92. The van der Waals surface area contributed by atoms with Gasteiger partial charge in [0.1, 0.15) is 5.69 Å². The number of hydrogen-bond donors (Lipinski definition) is 0. The minimum Gasteiger partial charge on any atom is -0.342 e. The van der Waals surface area contributed by atoms with Gasteiger partial charge < -0.3 is 9.80 Å². The molecule has 3 aliphatic rings. The molecule has 3 aliphatic heterocycles. The van der Waals surface area contributed by atoms with Crippen molar-refractivity contribution in [3.63, 3.8) is 0 Å².